The molecule has 0 saturated carbocycles. The third-order valence-corrected chi connectivity index (χ3v) is 4.45. The van der Waals surface area contributed by atoms with Gasteiger partial charge in [0.05, 0.1) is 5.76 Å². The number of aryl methyl sites for hydroxylation is 2. The molecule has 2 aromatic carbocycles. The summed E-state index contributed by atoms with van der Waals surface area (Å²) >= 11 is 0. The number of pyridine rings is 2. The summed E-state index contributed by atoms with van der Waals surface area (Å²) in [6.07, 6.45) is 3.04. The normalized spacial score (nSPS) is 10.9. The Hall–Kier alpha value is -2.88. The summed E-state index contributed by atoms with van der Waals surface area (Å²) in [5.41, 5.74) is 4.12. The van der Waals surface area contributed by atoms with Gasteiger partial charge < -0.3 is 10.1 Å². The first kappa shape index (κ1) is 23.4. The van der Waals surface area contributed by atoms with Gasteiger partial charge in [0.15, 0.2) is 5.78 Å². The second-order valence-corrected chi connectivity index (χ2v) is 6.94. The van der Waals surface area contributed by atoms with Crippen LogP contribution in [-0.4, -0.2) is 20.9 Å². The minimum absolute atomic E-state index is 0. The Morgan fingerprint density at radius 1 is 1.00 bits per heavy atom. The van der Waals surface area contributed by atoms with Gasteiger partial charge in [-0.2, -0.15) is 0 Å². The molecule has 4 rings (SSSR count). The number of fused-ring (bicyclic) bond motifs is 3. The van der Waals surface area contributed by atoms with E-state index in [0.717, 1.165) is 28.0 Å². The van der Waals surface area contributed by atoms with E-state index in [4.69, 9.17) is 5.11 Å². The average Bonchev–Trinajstić information content (AvgIpc) is 2.67. The molecule has 155 valence electrons. The van der Waals surface area contributed by atoms with Crippen molar-refractivity contribution in [2.24, 2.45) is 0 Å². The van der Waals surface area contributed by atoms with Crippen LogP contribution in [0, 0.1) is 19.9 Å². The first-order valence-electron chi connectivity index (χ1n) is 9.37. The van der Waals surface area contributed by atoms with Gasteiger partial charge in [0.1, 0.15) is 0 Å². The Kier molecular flexibility index (Phi) is 7.99. The number of hydrogen-bond donors (Lipinski definition) is 1. The van der Waals surface area contributed by atoms with Gasteiger partial charge in [-0.3, -0.25) is 9.78 Å². The maximum Gasteiger partial charge on any atom is 0.155 e. The van der Waals surface area contributed by atoms with Gasteiger partial charge in [0.25, 0.3) is 0 Å². The Bertz CT molecular complexity index is 1210. The van der Waals surface area contributed by atoms with E-state index >= 15 is 0 Å². The largest absolute Gasteiger partial charge is 0.512 e. The number of carbonyl (C=O) groups excluding carboxylic acids is 1. The molecule has 0 unspecified atom stereocenters. The molecular formula is C25H23IrN2O2-. The van der Waals surface area contributed by atoms with Crippen LogP contribution in [-0.2, 0) is 24.9 Å². The zero-order valence-electron chi connectivity index (χ0n) is 17.4. The number of rotatable bonds is 2. The van der Waals surface area contributed by atoms with E-state index < -0.39 is 0 Å². The van der Waals surface area contributed by atoms with Gasteiger partial charge in [-0.25, -0.2) is 0 Å². The summed E-state index contributed by atoms with van der Waals surface area (Å²) in [5.74, 6) is -0.0625. The fourth-order valence-electron chi connectivity index (χ4n) is 3.36. The molecule has 5 heteroatoms. The van der Waals surface area contributed by atoms with Crippen molar-refractivity contribution in [2.45, 2.75) is 27.7 Å². The Balaban J connectivity index is 0.000000350. The Morgan fingerprint density at radius 3 is 2.33 bits per heavy atom. The SMILES string of the molecule is CC(=O)/C=C(/C)O.Cc1cc2c(ccc3c(-c4[c-]cccc4)nccc32)c(C)n1.[Ir]. The summed E-state index contributed by atoms with van der Waals surface area (Å²) in [4.78, 5) is 19.2. The van der Waals surface area contributed by atoms with E-state index in [1.54, 1.807) is 0 Å². The van der Waals surface area contributed by atoms with Crippen LogP contribution in [0.15, 0.2) is 66.6 Å². The van der Waals surface area contributed by atoms with E-state index in [9.17, 15) is 4.79 Å². The number of aliphatic hydroxyl groups excluding tert-OH is 1. The average molecular weight is 576 g/mol. The van der Waals surface area contributed by atoms with Crippen LogP contribution in [0.3, 0.4) is 0 Å². The number of aromatic nitrogens is 2. The first-order chi connectivity index (χ1) is 13.9. The Morgan fingerprint density at radius 2 is 1.73 bits per heavy atom. The molecule has 4 nitrogen and oxygen atoms in total. The van der Waals surface area contributed by atoms with Crippen LogP contribution in [0.2, 0.25) is 0 Å². The maximum atomic E-state index is 10.0. The number of allylic oxidation sites excluding steroid dienone is 2. The summed E-state index contributed by atoms with van der Waals surface area (Å²) in [5, 5.41) is 13.2. The summed E-state index contributed by atoms with van der Waals surface area (Å²) in [6.45, 7) is 6.95. The number of ketones is 1. The zero-order valence-corrected chi connectivity index (χ0v) is 19.8. The molecule has 2 aromatic heterocycles. The molecule has 1 N–H and O–H groups in total. The van der Waals surface area contributed by atoms with Gasteiger partial charge in [0.2, 0.25) is 0 Å². The van der Waals surface area contributed by atoms with E-state index in [1.165, 1.54) is 36.1 Å². The predicted molar refractivity (Wildman–Crippen MR) is 118 cm³/mol. The van der Waals surface area contributed by atoms with Crippen LogP contribution < -0.4 is 0 Å². The quantitative estimate of drug-likeness (QED) is 0.140. The number of carbonyl (C=O) groups is 1. The molecule has 0 amide bonds. The molecule has 1 radical (unpaired) electrons. The molecule has 4 aromatic rings. The number of hydrogen-bond acceptors (Lipinski definition) is 4. The molecule has 0 saturated heterocycles. The molecular weight excluding hydrogens is 553 g/mol. The van der Waals surface area contributed by atoms with Gasteiger partial charge in [0, 0.05) is 49.2 Å². The van der Waals surface area contributed by atoms with Crippen molar-refractivity contribution in [1.82, 2.24) is 9.97 Å². The maximum absolute atomic E-state index is 10.0. The molecule has 0 fully saturated rings. The Labute approximate surface area is 190 Å². The van der Waals surface area contributed by atoms with Crippen molar-refractivity contribution < 1.29 is 30.0 Å². The summed E-state index contributed by atoms with van der Waals surface area (Å²) in [6, 6.07) is 19.8. The van der Waals surface area contributed by atoms with Crippen molar-refractivity contribution in [3.8, 4) is 11.3 Å². The third kappa shape index (κ3) is 5.38. The van der Waals surface area contributed by atoms with Crippen LogP contribution in [0.4, 0.5) is 0 Å². The molecule has 30 heavy (non-hydrogen) atoms. The van der Waals surface area contributed by atoms with Crippen LogP contribution in [0.1, 0.15) is 25.2 Å². The summed E-state index contributed by atoms with van der Waals surface area (Å²) < 4.78 is 0. The molecule has 0 aliphatic rings. The third-order valence-electron chi connectivity index (χ3n) is 4.45. The van der Waals surface area contributed by atoms with Gasteiger partial charge in [-0.1, -0.05) is 12.1 Å². The van der Waals surface area contributed by atoms with E-state index in [-0.39, 0.29) is 31.6 Å². The molecule has 2 heterocycles. The van der Waals surface area contributed by atoms with Crippen LogP contribution in [0.25, 0.3) is 32.8 Å². The molecule has 0 aliphatic carbocycles. The number of aliphatic hydroxyl groups is 1. The second-order valence-electron chi connectivity index (χ2n) is 6.94. The van der Waals surface area contributed by atoms with Crippen molar-refractivity contribution in [2.75, 3.05) is 0 Å². The minimum atomic E-state index is -0.125. The predicted octanol–water partition coefficient (Wildman–Crippen LogP) is 5.90. The zero-order chi connectivity index (χ0) is 21.0. The fourth-order valence-corrected chi connectivity index (χ4v) is 3.36. The van der Waals surface area contributed by atoms with Gasteiger partial charge in [-0.05, 0) is 61.7 Å². The topological polar surface area (TPSA) is 63.1 Å². The molecule has 0 atom stereocenters. The van der Waals surface area contributed by atoms with E-state index in [1.807, 2.05) is 31.3 Å². The molecule has 0 aliphatic heterocycles. The van der Waals surface area contributed by atoms with Gasteiger partial charge >= 0.3 is 0 Å². The molecule has 0 bridgehead atoms. The van der Waals surface area contributed by atoms with E-state index in [2.05, 4.69) is 53.3 Å². The van der Waals surface area contributed by atoms with Crippen LogP contribution in [0.5, 0.6) is 0 Å². The second kappa shape index (κ2) is 10.2. The molecule has 0 spiro atoms. The van der Waals surface area contributed by atoms with Crippen molar-refractivity contribution in [1.29, 1.82) is 0 Å². The summed E-state index contributed by atoms with van der Waals surface area (Å²) in [7, 11) is 0. The van der Waals surface area contributed by atoms with Crippen LogP contribution >= 0.6 is 0 Å². The van der Waals surface area contributed by atoms with Crippen molar-refractivity contribution >= 4 is 27.3 Å². The smallest absolute Gasteiger partial charge is 0.155 e. The van der Waals surface area contributed by atoms with Crippen molar-refractivity contribution in [3.63, 3.8) is 0 Å². The fraction of sp³-hybridized carbons (Fsp3) is 0.160. The number of nitrogens with zero attached hydrogens (tertiary/aromatic N) is 2. The van der Waals surface area contributed by atoms with E-state index in [0.29, 0.717) is 0 Å². The monoisotopic (exact) mass is 576 g/mol. The number of benzene rings is 2. The minimum Gasteiger partial charge on any atom is -0.512 e. The first-order valence-corrected chi connectivity index (χ1v) is 9.37. The standard InChI is InChI=1S/C20H15N2.C5H8O2.Ir/c1-13-12-19-16(14(2)22-13)8-9-18-17(19)10-11-21-20(18)15-6-4-3-5-7-15;1-4(6)3-5(2)7;/h3-6,8-12H,1-2H3;3,6H,1-2H3;/q-1;;/b;4-3-;. The van der Waals surface area contributed by atoms with Gasteiger partial charge in [-0.15, -0.1) is 35.9 Å². The van der Waals surface area contributed by atoms with Crippen molar-refractivity contribution in [3.05, 3.63) is 84.0 Å².